The van der Waals surface area contributed by atoms with E-state index in [1.54, 1.807) is 37.3 Å². The van der Waals surface area contributed by atoms with E-state index in [1.165, 1.54) is 13.2 Å². The molecule has 9 heteroatoms. The third kappa shape index (κ3) is 5.31. The average Bonchev–Trinajstić information content (AvgIpc) is 2.82. The number of nitrogens with zero attached hydrogens (tertiary/aromatic N) is 1. The Labute approximate surface area is 219 Å². The number of hydrogen-bond donors (Lipinski definition) is 1. The summed E-state index contributed by atoms with van der Waals surface area (Å²) in [5, 5.41) is 2.24. The second kappa shape index (κ2) is 10.5. The summed E-state index contributed by atoms with van der Waals surface area (Å²) in [7, 11) is 1.50. The van der Waals surface area contributed by atoms with Crippen LogP contribution >= 0.6 is 31.9 Å². The lowest BCUT2D eigenvalue weighted by molar-refractivity contribution is -0.122. The number of rotatable bonds is 6. The molecule has 0 aliphatic carbocycles. The number of aryl methyl sites for hydroxylation is 1. The molecule has 0 aromatic heterocycles. The van der Waals surface area contributed by atoms with Crippen LogP contribution < -0.4 is 19.7 Å². The van der Waals surface area contributed by atoms with E-state index in [9.17, 15) is 14.4 Å². The standard InChI is InChI=1S/C26H20Br2N2O5/c1-15-10-18(27)8-9-21(15)30-25(32)19(24(31)29-26(30)33)11-17-12-20(28)23(22(13-17)34-2)35-14-16-6-4-3-5-7-16/h3-13H,14H2,1-2H3,(H,29,31,33)/b19-11-. The van der Waals surface area contributed by atoms with Gasteiger partial charge in [0.1, 0.15) is 12.2 Å². The lowest BCUT2D eigenvalue weighted by Gasteiger charge is -2.27. The number of halogens is 2. The first kappa shape index (κ1) is 24.7. The molecule has 0 radical (unpaired) electrons. The fourth-order valence-electron chi connectivity index (χ4n) is 3.61. The first-order chi connectivity index (χ1) is 16.8. The van der Waals surface area contributed by atoms with E-state index in [0.717, 1.165) is 14.9 Å². The molecule has 4 amide bonds. The Balaban J connectivity index is 1.66. The number of carbonyl (C=O) groups excluding carboxylic acids is 3. The molecule has 3 aromatic rings. The zero-order valence-electron chi connectivity index (χ0n) is 18.8. The van der Waals surface area contributed by atoms with Gasteiger partial charge in [-0.3, -0.25) is 14.9 Å². The molecule has 35 heavy (non-hydrogen) atoms. The molecule has 3 aromatic carbocycles. The van der Waals surface area contributed by atoms with Crippen LogP contribution in [0.2, 0.25) is 0 Å². The van der Waals surface area contributed by atoms with Gasteiger partial charge < -0.3 is 9.47 Å². The first-order valence-corrected chi connectivity index (χ1v) is 12.1. The number of ether oxygens (including phenoxy) is 2. The maximum atomic E-state index is 13.3. The largest absolute Gasteiger partial charge is 0.493 e. The molecule has 1 aliphatic rings. The van der Waals surface area contributed by atoms with Gasteiger partial charge in [0.2, 0.25) is 0 Å². The molecule has 0 saturated carbocycles. The van der Waals surface area contributed by atoms with Crippen LogP contribution in [0.4, 0.5) is 10.5 Å². The number of nitrogens with one attached hydrogen (secondary N) is 1. The van der Waals surface area contributed by atoms with Crippen LogP contribution in [0.3, 0.4) is 0 Å². The van der Waals surface area contributed by atoms with Crippen LogP contribution in [0, 0.1) is 6.92 Å². The average molecular weight is 600 g/mol. The number of benzene rings is 3. The van der Waals surface area contributed by atoms with Gasteiger partial charge in [-0.1, -0.05) is 46.3 Å². The normalized spacial score (nSPS) is 14.8. The molecule has 1 fully saturated rings. The summed E-state index contributed by atoms with van der Waals surface area (Å²) >= 11 is 6.86. The highest BCUT2D eigenvalue weighted by Crippen LogP contribution is 2.38. The summed E-state index contributed by atoms with van der Waals surface area (Å²) in [6, 6.07) is 17.4. The number of imide groups is 2. The summed E-state index contributed by atoms with van der Waals surface area (Å²) < 4.78 is 12.8. The maximum absolute atomic E-state index is 13.3. The van der Waals surface area contributed by atoms with Gasteiger partial charge in [-0.15, -0.1) is 0 Å². The van der Waals surface area contributed by atoms with Crippen molar-refractivity contribution in [1.82, 2.24) is 5.32 Å². The van der Waals surface area contributed by atoms with Crippen LogP contribution in [0.1, 0.15) is 16.7 Å². The predicted molar refractivity (Wildman–Crippen MR) is 139 cm³/mol. The SMILES string of the molecule is COc1cc(/C=C2/C(=O)NC(=O)N(c3ccc(Br)cc3C)C2=O)cc(Br)c1OCc1ccccc1. The van der Waals surface area contributed by atoms with E-state index in [4.69, 9.17) is 9.47 Å². The summed E-state index contributed by atoms with van der Waals surface area (Å²) in [5.41, 5.74) is 2.41. The second-order valence-corrected chi connectivity index (χ2v) is 9.47. The van der Waals surface area contributed by atoms with Crippen LogP contribution in [0.25, 0.3) is 6.08 Å². The molecule has 1 N–H and O–H groups in total. The lowest BCUT2D eigenvalue weighted by Crippen LogP contribution is -2.54. The molecule has 1 saturated heterocycles. The van der Waals surface area contributed by atoms with Crippen molar-refractivity contribution in [2.24, 2.45) is 0 Å². The van der Waals surface area contributed by atoms with Crippen molar-refractivity contribution < 1.29 is 23.9 Å². The number of methoxy groups -OCH3 is 1. The molecule has 0 unspecified atom stereocenters. The molecule has 0 atom stereocenters. The lowest BCUT2D eigenvalue weighted by atomic mass is 10.1. The van der Waals surface area contributed by atoms with E-state index in [0.29, 0.717) is 39.4 Å². The highest BCUT2D eigenvalue weighted by Gasteiger charge is 2.37. The Hall–Kier alpha value is -3.43. The molecule has 0 spiro atoms. The van der Waals surface area contributed by atoms with Crippen molar-refractivity contribution in [1.29, 1.82) is 0 Å². The Morgan fingerprint density at radius 1 is 1.00 bits per heavy atom. The Bertz CT molecular complexity index is 1360. The summed E-state index contributed by atoms with van der Waals surface area (Å²) in [6.45, 7) is 2.11. The summed E-state index contributed by atoms with van der Waals surface area (Å²) in [5.74, 6) is -0.586. The van der Waals surface area contributed by atoms with Gasteiger partial charge in [0.25, 0.3) is 11.8 Å². The van der Waals surface area contributed by atoms with E-state index >= 15 is 0 Å². The van der Waals surface area contributed by atoms with Gasteiger partial charge in [0.15, 0.2) is 11.5 Å². The Morgan fingerprint density at radius 3 is 2.43 bits per heavy atom. The highest BCUT2D eigenvalue weighted by atomic mass is 79.9. The van der Waals surface area contributed by atoms with E-state index in [-0.39, 0.29) is 5.57 Å². The number of hydrogen-bond acceptors (Lipinski definition) is 5. The van der Waals surface area contributed by atoms with E-state index in [1.807, 2.05) is 30.3 Å². The molecule has 0 bridgehead atoms. The third-order valence-electron chi connectivity index (χ3n) is 5.29. The fraction of sp³-hybridized carbons (Fsp3) is 0.115. The second-order valence-electron chi connectivity index (χ2n) is 7.70. The maximum Gasteiger partial charge on any atom is 0.335 e. The number of anilines is 1. The Morgan fingerprint density at radius 2 is 1.74 bits per heavy atom. The summed E-state index contributed by atoms with van der Waals surface area (Å²) in [6.07, 6.45) is 1.42. The molecule has 7 nitrogen and oxygen atoms in total. The zero-order chi connectivity index (χ0) is 25.1. The van der Waals surface area contributed by atoms with Crippen LogP contribution in [0.15, 0.2) is 75.2 Å². The number of barbiturate groups is 1. The van der Waals surface area contributed by atoms with Crippen molar-refractivity contribution in [3.8, 4) is 11.5 Å². The van der Waals surface area contributed by atoms with E-state index < -0.39 is 17.8 Å². The molecule has 1 aliphatic heterocycles. The molecule has 1 heterocycles. The van der Waals surface area contributed by atoms with Gasteiger partial charge in [0.05, 0.1) is 17.3 Å². The van der Waals surface area contributed by atoms with E-state index in [2.05, 4.69) is 37.2 Å². The summed E-state index contributed by atoms with van der Waals surface area (Å²) in [4.78, 5) is 39.3. The molecule has 178 valence electrons. The van der Waals surface area contributed by atoms with Crippen molar-refractivity contribution in [3.63, 3.8) is 0 Å². The minimum absolute atomic E-state index is 0.182. The van der Waals surface area contributed by atoms with Crippen LogP contribution in [-0.2, 0) is 16.2 Å². The number of urea groups is 1. The number of amides is 4. The minimum atomic E-state index is -0.800. The molecular weight excluding hydrogens is 580 g/mol. The van der Waals surface area contributed by atoms with Crippen molar-refractivity contribution in [2.75, 3.05) is 12.0 Å². The third-order valence-corrected chi connectivity index (χ3v) is 6.37. The smallest absolute Gasteiger partial charge is 0.335 e. The van der Waals surface area contributed by atoms with Gasteiger partial charge >= 0.3 is 6.03 Å². The number of carbonyl (C=O) groups is 3. The van der Waals surface area contributed by atoms with Gasteiger partial charge in [-0.25, -0.2) is 9.69 Å². The molecular formula is C26H20Br2N2O5. The monoisotopic (exact) mass is 598 g/mol. The van der Waals surface area contributed by atoms with Gasteiger partial charge in [-0.2, -0.15) is 0 Å². The Kier molecular flexibility index (Phi) is 7.37. The zero-order valence-corrected chi connectivity index (χ0v) is 22.0. The minimum Gasteiger partial charge on any atom is -0.493 e. The topological polar surface area (TPSA) is 84.9 Å². The van der Waals surface area contributed by atoms with Crippen molar-refractivity contribution in [3.05, 3.63) is 91.9 Å². The van der Waals surface area contributed by atoms with Crippen LogP contribution in [-0.4, -0.2) is 25.0 Å². The predicted octanol–water partition coefficient (Wildman–Crippen LogP) is 5.77. The van der Waals surface area contributed by atoms with Crippen molar-refractivity contribution in [2.45, 2.75) is 13.5 Å². The van der Waals surface area contributed by atoms with Crippen molar-refractivity contribution >= 4 is 61.5 Å². The van der Waals surface area contributed by atoms with Gasteiger partial charge in [0, 0.05) is 4.47 Å². The fourth-order valence-corrected chi connectivity index (χ4v) is 4.66. The first-order valence-electron chi connectivity index (χ1n) is 10.5. The quantitative estimate of drug-likeness (QED) is 0.287. The van der Waals surface area contributed by atoms with Gasteiger partial charge in [-0.05, 0) is 76.0 Å². The molecule has 4 rings (SSSR count). The van der Waals surface area contributed by atoms with Crippen LogP contribution in [0.5, 0.6) is 11.5 Å². The highest BCUT2D eigenvalue weighted by molar-refractivity contribution is 9.10.